The number of pyridine rings is 2. The van der Waals surface area contributed by atoms with E-state index in [9.17, 15) is 13.2 Å². The largest absolute Gasteiger partial charge is 0.480 e. The zero-order chi connectivity index (χ0) is 28.7. The number of nitrogens with one attached hydrogen (secondary N) is 1. The minimum absolute atomic E-state index is 0.000341. The number of benzene rings is 2. The smallest absolute Gasteiger partial charge is 0.322 e. The maximum atomic E-state index is 13.6. The van der Waals surface area contributed by atoms with Crippen LogP contribution in [0.3, 0.4) is 0 Å². The van der Waals surface area contributed by atoms with Crippen molar-refractivity contribution < 1.29 is 23.1 Å². The molecule has 9 nitrogen and oxygen atoms in total. The van der Waals surface area contributed by atoms with Crippen LogP contribution in [-0.2, 0) is 44.7 Å². The van der Waals surface area contributed by atoms with Gasteiger partial charge in [0.05, 0.1) is 25.5 Å². The first-order valence-electron chi connectivity index (χ1n) is 13.4. The summed E-state index contributed by atoms with van der Waals surface area (Å²) in [4.78, 5) is 19.4. The lowest BCUT2D eigenvalue weighted by Crippen LogP contribution is -2.31. The molecule has 0 saturated heterocycles. The number of hydrogen-bond donors (Lipinski definition) is 2. The Morgan fingerprint density at radius 3 is 2.34 bits per heavy atom. The molecule has 1 fully saturated rings. The van der Waals surface area contributed by atoms with Gasteiger partial charge in [0.15, 0.2) is 5.03 Å². The maximum absolute atomic E-state index is 13.6. The van der Waals surface area contributed by atoms with E-state index in [2.05, 4.69) is 39.6 Å². The molecule has 1 aliphatic carbocycles. The molecule has 0 bridgehead atoms. The van der Waals surface area contributed by atoms with Gasteiger partial charge in [-0.2, -0.15) is 4.31 Å². The highest BCUT2D eigenvalue weighted by atomic mass is 32.2. The molecule has 0 atom stereocenters. The summed E-state index contributed by atoms with van der Waals surface area (Å²) in [5.41, 5.74) is 3.64. The van der Waals surface area contributed by atoms with Gasteiger partial charge in [0, 0.05) is 18.2 Å². The van der Waals surface area contributed by atoms with E-state index in [1.165, 1.54) is 22.1 Å². The van der Waals surface area contributed by atoms with Gasteiger partial charge in [-0.1, -0.05) is 66.7 Å². The zero-order valence-corrected chi connectivity index (χ0v) is 23.3. The minimum Gasteiger partial charge on any atom is -0.480 e. The van der Waals surface area contributed by atoms with Gasteiger partial charge >= 0.3 is 5.97 Å². The van der Waals surface area contributed by atoms with Crippen LogP contribution in [0.1, 0.15) is 35.2 Å². The number of carboxylic acid groups (broad SMARTS) is 1. The first-order chi connectivity index (χ1) is 19.8. The fourth-order valence-electron chi connectivity index (χ4n) is 4.64. The van der Waals surface area contributed by atoms with Crippen LogP contribution in [0.25, 0.3) is 0 Å². The Bertz CT molecular complexity index is 1560. The van der Waals surface area contributed by atoms with E-state index in [1.54, 1.807) is 30.3 Å². The summed E-state index contributed by atoms with van der Waals surface area (Å²) in [7, 11) is -3.95. The van der Waals surface area contributed by atoms with Crippen molar-refractivity contribution in [2.24, 2.45) is 0 Å². The number of ether oxygens (including phenoxy) is 1. The maximum Gasteiger partial charge on any atom is 0.322 e. The van der Waals surface area contributed by atoms with Gasteiger partial charge in [0.2, 0.25) is 0 Å². The second kappa shape index (κ2) is 12.6. The molecule has 2 heterocycles. The van der Waals surface area contributed by atoms with E-state index in [0.717, 1.165) is 24.0 Å². The third-order valence-electron chi connectivity index (χ3n) is 7.08. The number of nitrogens with zero attached hydrogens (tertiary/aromatic N) is 3. The van der Waals surface area contributed by atoms with Crippen molar-refractivity contribution in [3.8, 4) is 0 Å². The molecule has 0 aliphatic heterocycles. The van der Waals surface area contributed by atoms with E-state index in [0.29, 0.717) is 24.7 Å². The van der Waals surface area contributed by atoms with Crippen LogP contribution in [0.15, 0.2) is 102 Å². The molecule has 41 heavy (non-hydrogen) atoms. The van der Waals surface area contributed by atoms with Crippen LogP contribution in [0.4, 0.5) is 5.82 Å². The molecular formula is C31H32N4O5S. The van der Waals surface area contributed by atoms with Gasteiger partial charge in [0.1, 0.15) is 12.4 Å². The number of rotatable bonds is 14. The number of hydrogen-bond acceptors (Lipinski definition) is 7. The summed E-state index contributed by atoms with van der Waals surface area (Å²) in [5.74, 6) is -0.663. The highest BCUT2D eigenvalue weighted by Crippen LogP contribution is 2.48. The first kappa shape index (κ1) is 28.4. The highest BCUT2D eigenvalue weighted by Gasteiger charge is 2.44. The molecule has 5 rings (SSSR count). The highest BCUT2D eigenvalue weighted by molar-refractivity contribution is 7.89. The number of carbonyl (C=O) groups is 1. The van der Waals surface area contributed by atoms with Crippen molar-refractivity contribution >= 4 is 21.8 Å². The molecule has 2 N–H and O–H groups in total. The molecule has 1 saturated carbocycles. The van der Waals surface area contributed by atoms with E-state index in [4.69, 9.17) is 9.84 Å². The SMILES string of the molecule is O=C(O)CNc1cccc(CN(Cc2ccc(C3(COCc4ccccc4)CC3)cc2)S(=O)(=O)c2ccccn2)n1. The summed E-state index contributed by atoms with van der Waals surface area (Å²) in [6, 6.07) is 28.0. The molecular weight excluding hydrogens is 540 g/mol. The van der Waals surface area contributed by atoms with Crippen LogP contribution < -0.4 is 5.32 Å². The fourth-order valence-corrected chi connectivity index (χ4v) is 5.97. The van der Waals surface area contributed by atoms with E-state index in [1.807, 2.05) is 30.3 Å². The Kier molecular flexibility index (Phi) is 8.72. The zero-order valence-electron chi connectivity index (χ0n) is 22.5. The van der Waals surface area contributed by atoms with Gasteiger partial charge in [-0.3, -0.25) is 4.79 Å². The molecule has 0 radical (unpaired) electrons. The van der Waals surface area contributed by atoms with E-state index < -0.39 is 16.0 Å². The molecule has 2 aromatic heterocycles. The Balaban J connectivity index is 1.31. The van der Waals surface area contributed by atoms with E-state index in [-0.39, 0.29) is 30.1 Å². The topological polar surface area (TPSA) is 122 Å². The first-order valence-corrected chi connectivity index (χ1v) is 14.8. The number of sulfonamides is 1. The molecule has 1 aliphatic rings. The lowest BCUT2D eigenvalue weighted by Gasteiger charge is -2.22. The second-order valence-electron chi connectivity index (χ2n) is 10.2. The molecule has 10 heteroatoms. The molecule has 0 unspecified atom stereocenters. The predicted octanol–water partition coefficient (Wildman–Crippen LogP) is 4.61. The number of carboxylic acids is 1. The number of anilines is 1. The average molecular weight is 573 g/mol. The van der Waals surface area contributed by atoms with Gasteiger partial charge in [-0.05, 0) is 53.8 Å². The van der Waals surface area contributed by atoms with Crippen molar-refractivity contribution in [3.05, 3.63) is 120 Å². The van der Waals surface area contributed by atoms with E-state index >= 15 is 0 Å². The van der Waals surface area contributed by atoms with Crippen LogP contribution in [0.2, 0.25) is 0 Å². The van der Waals surface area contributed by atoms with Crippen molar-refractivity contribution in [2.75, 3.05) is 18.5 Å². The van der Waals surface area contributed by atoms with Crippen molar-refractivity contribution in [3.63, 3.8) is 0 Å². The van der Waals surface area contributed by atoms with Crippen molar-refractivity contribution in [1.82, 2.24) is 14.3 Å². The van der Waals surface area contributed by atoms with Crippen LogP contribution in [-0.4, -0.2) is 46.9 Å². The lowest BCUT2D eigenvalue weighted by atomic mass is 9.96. The molecule has 0 spiro atoms. The quantitative estimate of drug-likeness (QED) is 0.225. The fraction of sp³-hybridized carbons (Fsp3) is 0.258. The van der Waals surface area contributed by atoms with Crippen LogP contribution >= 0.6 is 0 Å². The number of aromatic nitrogens is 2. The van der Waals surface area contributed by atoms with Crippen LogP contribution in [0, 0.1) is 0 Å². The average Bonchev–Trinajstić information content (AvgIpc) is 3.78. The van der Waals surface area contributed by atoms with Crippen molar-refractivity contribution in [2.45, 2.75) is 43.0 Å². The van der Waals surface area contributed by atoms with Gasteiger partial charge < -0.3 is 15.2 Å². The third-order valence-corrected chi connectivity index (χ3v) is 8.78. The third kappa shape index (κ3) is 7.35. The Morgan fingerprint density at radius 1 is 0.902 bits per heavy atom. The van der Waals surface area contributed by atoms with Crippen molar-refractivity contribution in [1.29, 1.82) is 0 Å². The summed E-state index contributed by atoms with van der Waals surface area (Å²) in [6.45, 7) is 1.02. The summed E-state index contributed by atoms with van der Waals surface area (Å²) >= 11 is 0. The monoisotopic (exact) mass is 572 g/mol. The lowest BCUT2D eigenvalue weighted by molar-refractivity contribution is -0.134. The van der Waals surface area contributed by atoms with Gasteiger partial charge in [0.25, 0.3) is 10.0 Å². The normalized spacial score (nSPS) is 14.1. The summed E-state index contributed by atoms with van der Waals surface area (Å²) < 4.78 is 34.7. The Hall–Kier alpha value is -4.12. The summed E-state index contributed by atoms with van der Waals surface area (Å²) in [5, 5.41) is 11.6. The molecule has 4 aromatic rings. The molecule has 212 valence electrons. The Labute approximate surface area is 239 Å². The van der Waals surface area contributed by atoms with Gasteiger partial charge in [-0.25, -0.2) is 18.4 Å². The molecule has 0 amide bonds. The Morgan fingerprint density at radius 2 is 1.66 bits per heavy atom. The summed E-state index contributed by atoms with van der Waals surface area (Å²) in [6.07, 6.45) is 3.56. The number of aliphatic carboxylic acids is 1. The minimum atomic E-state index is -3.95. The van der Waals surface area contributed by atoms with Crippen LogP contribution in [0.5, 0.6) is 0 Å². The molecule has 2 aromatic carbocycles. The predicted molar refractivity (Wildman–Crippen MR) is 154 cm³/mol. The standard InChI is InChI=1S/C31H32N4O5S/c36-30(37)19-33-28-10-6-9-27(34-28)21-35(41(38,39)29-11-4-5-18-32-29)20-24-12-14-26(15-13-24)31(16-17-31)23-40-22-25-7-2-1-3-8-25/h1-15,18H,16-17,19-23H2,(H,33,34)(H,36,37). The van der Waals surface area contributed by atoms with Gasteiger partial charge in [-0.15, -0.1) is 0 Å². The second-order valence-corrected chi connectivity index (χ2v) is 12.0.